The summed E-state index contributed by atoms with van der Waals surface area (Å²) in [5, 5.41) is 6.34. The molecule has 1 aromatic carbocycles. The first-order chi connectivity index (χ1) is 9.81. The maximum Gasteiger partial charge on any atom is 0.262 e. The fourth-order valence-corrected chi connectivity index (χ4v) is 3.08. The molecule has 1 saturated carbocycles. The highest BCUT2D eigenvalue weighted by molar-refractivity contribution is 5.95. The molecule has 0 radical (unpaired) electrons. The molecule has 1 heterocycles. The van der Waals surface area contributed by atoms with Gasteiger partial charge in [-0.3, -0.25) is 4.79 Å². The summed E-state index contributed by atoms with van der Waals surface area (Å²) in [5.41, 5.74) is 1.97. The lowest BCUT2D eigenvalue weighted by Gasteiger charge is -2.18. The monoisotopic (exact) mass is 274 g/mol. The summed E-state index contributed by atoms with van der Waals surface area (Å²) in [6, 6.07) is 5.98. The summed E-state index contributed by atoms with van der Waals surface area (Å²) in [6.07, 6.45) is 6.92. The van der Waals surface area contributed by atoms with Gasteiger partial charge >= 0.3 is 0 Å². The van der Waals surface area contributed by atoms with Crippen LogP contribution in [0.15, 0.2) is 18.2 Å². The molecule has 0 aromatic heterocycles. The molecule has 20 heavy (non-hydrogen) atoms. The van der Waals surface area contributed by atoms with Crippen LogP contribution in [0.1, 0.15) is 37.7 Å². The fourth-order valence-electron chi connectivity index (χ4n) is 3.08. The van der Waals surface area contributed by atoms with Crippen LogP contribution in [0.5, 0.6) is 5.75 Å². The summed E-state index contributed by atoms with van der Waals surface area (Å²) in [4.78, 5) is 11.3. The van der Waals surface area contributed by atoms with Gasteiger partial charge in [0.15, 0.2) is 6.61 Å². The summed E-state index contributed by atoms with van der Waals surface area (Å²) in [6.45, 7) is 2.03. The maximum absolute atomic E-state index is 11.3. The number of benzene rings is 1. The maximum atomic E-state index is 11.3. The van der Waals surface area contributed by atoms with Crippen molar-refractivity contribution in [1.29, 1.82) is 0 Å². The molecule has 0 unspecified atom stereocenters. The molecule has 1 amide bonds. The lowest BCUT2D eigenvalue weighted by Crippen LogP contribution is -2.25. The SMILES string of the molecule is O=C1COc2ccc(CNCCC3CCCC3)cc2N1. The predicted molar refractivity (Wildman–Crippen MR) is 78.8 cm³/mol. The molecule has 4 heteroatoms. The van der Waals surface area contributed by atoms with Gasteiger partial charge in [0.2, 0.25) is 0 Å². The van der Waals surface area contributed by atoms with E-state index >= 15 is 0 Å². The number of nitrogens with one attached hydrogen (secondary N) is 2. The van der Waals surface area contributed by atoms with Crippen molar-refractivity contribution < 1.29 is 9.53 Å². The molecule has 1 aliphatic heterocycles. The van der Waals surface area contributed by atoms with Gasteiger partial charge in [-0.2, -0.15) is 0 Å². The van der Waals surface area contributed by atoms with Crippen LogP contribution in [0.4, 0.5) is 5.69 Å². The number of ether oxygens (including phenoxy) is 1. The summed E-state index contributed by atoms with van der Waals surface area (Å²) >= 11 is 0. The number of carbonyl (C=O) groups is 1. The molecule has 108 valence electrons. The van der Waals surface area contributed by atoms with E-state index in [1.807, 2.05) is 12.1 Å². The molecule has 0 atom stereocenters. The standard InChI is InChI=1S/C16H22N2O2/c19-16-11-20-15-6-5-13(9-14(15)18-16)10-17-8-7-12-3-1-2-4-12/h5-6,9,12,17H,1-4,7-8,10-11H2,(H,18,19). The zero-order chi connectivity index (χ0) is 13.8. The van der Waals surface area contributed by atoms with E-state index in [0.717, 1.165) is 30.4 Å². The van der Waals surface area contributed by atoms with Crippen LogP contribution >= 0.6 is 0 Å². The third-order valence-electron chi connectivity index (χ3n) is 4.21. The Kier molecular flexibility index (Phi) is 4.21. The molecular weight excluding hydrogens is 252 g/mol. The predicted octanol–water partition coefficient (Wildman–Crippen LogP) is 2.69. The number of rotatable bonds is 5. The largest absolute Gasteiger partial charge is 0.482 e. The van der Waals surface area contributed by atoms with Gasteiger partial charge in [0.25, 0.3) is 5.91 Å². The number of hydrogen-bond acceptors (Lipinski definition) is 3. The zero-order valence-corrected chi connectivity index (χ0v) is 11.8. The van der Waals surface area contributed by atoms with Crippen molar-refractivity contribution in [3.8, 4) is 5.75 Å². The van der Waals surface area contributed by atoms with Crippen molar-refractivity contribution in [2.45, 2.75) is 38.6 Å². The van der Waals surface area contributed by atoms with Crippen LogP contribution in [-0.2, 0) is 11.3 Å². The highest BCUT2D eigenvalue weighted by Crippen LogP contribution is 2.29. The third kappa shape index (κ3) is 3.31. The normalized spacial score (nSPS) is 18.5. The second-order valence-electron chi connectivity index (χ2n) is 5.78. The third-order valence-corrected chi connectivity index (χ3v) is 4.21. The van der Waals surface area contributed by atoms with Gasteiger partial charge in [-0.05, 0) is 36.6 Å². The van der Waals surface area contributed by atoms with Gasteiger partial charge in [0, 0.05) is 6.54 Å². The van der Waals surface area contributed by atoms with Crippen LogP contribution in [-0.4, -0.2) is 19.1 Å². The molecule has 4 nitrogen and oxygen atoms in total. The van der Waals surface area contributed by atoms with E-state index in [2.05, 4.69) is 16.7 Å². The molecule has 1 aliphatic carbocycles. The minimum atomic E-state index is -0.0798. The van der Waals surface area contributed by atoms with Gasteiger partial charge in [0.05, 0.1) is 5.69 Å². The molecule has 2 aliphatic rings. The van der Waals surface area contributed by atoms with Crippen LogP contribution in [0, 0.1) is 5.92 Å². The first kappa shape index (κ1) is 13.4. The first-order valence-electron chi connectivity index (χ1n) is 7.57. The number of anilines is 1. The molecule has 0 spiro atoms. The molecule has 0 saturated heterocycles. The Morgan fingerprint density at radius 1 is 1.30 bits per heavy atom. The Bertz CT molecular complexity index is 481. The van der Waals surface area contributed by atoms with Crippen molar-refractivity contribution in [3.63, 3.8) is 0 Å². The number of carbonyl (C=O) groups excluding carboxylic acids is 1. The molecule has 1 aromatic rings. The van der Waals surface area contributed by atoms with Gasteiger partial charge < -0.3 is 15.4 Å². The van der Waals surface area contributed by atoms with Crippen LogP contribution in [0.3, 0.4) is 0 Å². The van der Waals surface area contributed by atoms with E-state index < -0.39 is 0 Å². The van der Waals surface area contributed by atoms with E-state index in [9.17, 15) is 4.79 Å². The molecular formula is C16H22N2O2. The van der Waals surface area contributed by atoms with Gasteiger partial charge in [0.1, 0.15) is 5.75 Å². The summed E-state index contributed by atoms with van der Waals surface area (Å²) < 4.78 is 5.35. The van der Waals surface area contributed by atoms with Gasteiger partial charge in [-0.15, -0.1) is 0 Å². The Hall–Kier alpha value is -1.55. The number of hydrogen-bond donors (Lipinski definition) is 2. The summed E-state index contributed by atoms with van der Waals surface area (Å²) in [7, 11) is 0. The van der Waals surface area contributed by atoms with Crippen molar-refractivity contribution in [2.24, 2.45) is 5.92 Å². The van der Waals surface area contributed by atoms with Crippen molar-refractivity contribution in [1.82, 2.24) is 5.32 Å². The first-order valence-corrected chi connectivity index (χ1v) is 7.57. The number of fused-ring (bicyclic) bond motifs is 1. The lowest BCUT2D eigenvalue weighted by molar-refractivity contribution is -0.118. The highest BCUT2D eigenvalue weighted by Gasteiger charge is 2.16. The Labute approximate surface area is 119 Å². The Morgan fingerprint density at radius 3 is 3.00 bits per heavy atom. The topological polar surface area (TPSA) is 50.4 Å². The van der Waals surface area contributed by atoms with Crippen molar-refractivity contribution in [2.75, 3.05) is 18.5 Å². The minimum Gasteiger partial charge on any atom is -0.482 e. The van der Waals surface area contributed by atoms with Crippen LogP contribution < -0.4 is 15.4 Å². The van der Waals surface area contributed by atoms with E-state index in [4.69, 9.17) is 4.74 Å². The number of amides is 1. The van der Waals surface area contributed by atoms with Crippen LogP contribution in [0.25, 0.3) is 0 Å². The smallest absolute Gasteiger partial charge is 0.262 e. The zero-order valence-electron chi connectivity index (χ0n) is 11.8. The van der Waals surface area contributed by atoms with E-state index in [1.54, 1.807) is 0 Å². The van der Waals surface area contributed by atoms with E-state index in [-0.39, 0.29) is 12.5 Å². The summed E-state index contributed by atoms with van der Waals surface area (Å²) in [5.74, 6) is 1.61. The Balaban J connectivity index is 1.47. The fraction of sp³-hybridized carbons (Fsp3) is 0.562. The van der Waals surface area contributed by atoms with E-state index in [1.165, 1.54) is 37.7 Å². The van der Waals surface area contributed by atoms with Crippen LogP contribution in [0.2, 0.25) is 0 Å². The van der Waals surface area contributed by atoms with Gasteiger partial charge in [-0.1, -0.05) is 31.7 Å². The molecule has 1 fully saturated rings. The second kappa shape index (κ2) is 6.27. The molecule has 0 bridgehead atoms. The van der Waals surface area contributed by atoms with Crippen molar-refractivity contribution in [3.05, 3.63) is 23.8 Å². The highest BCUT2D eigenvalue weighted by atomic mass is 16.5. The van der Waals surface area contributed by atoms with E-state index in [0.29, 0.717) is 0 Å². The molecule has 3 rings (SSSR count). The quantitative estimate of drug-likeness (QED) is 0.812. The van der Waals surface area contributed by atoms with Crippen molar-refractivity contribution >= 4 is 11.6 Å². The average molecular weight is 274 g/mol. The second-order valence-corrected chi connectivity index (χ2v) is 5.78. The van der Waals surface area contributed by atoms with Gasteiger partial charge in [-0.25, -0.2) is 0 Å². The molecule has 2 N–H and O–H groups in total. The lowest BCUT2D eigenvalue weighted by atomic mass is 10.0. The Morgan fingerprint density at radius 2 is 2.15 bits per heavy atom. The average Bonchev–Trinajstić information content (AvgIpc) is 2.96. The minimum absolute atomic E-state index is 0.0798.